The molecule has 0 aliphatic carbocycles. The molecule has 1 heterocycles. The lowest BCUT2D eigenvalue weighted by Crippen LogP contribution is -2.24. The van der Waals surface area contributed by atoms with Crippen molar-refractivity contribution in [2.24, 2.45) is 5.73 Å². The van der Waals surface area contributed by atoms with Crippen LogP contribution >= 0.6 is 11.3 Å². The fourth-order valence-electron chi connectivity index (χ4n) is 2.29. The molecule has 4 heteroatoms. The Hall–Kier alpha value is -1.39. The standard InChI is InChI=1S/C16H23N3S/c1-4-14(17)9-13-7-5-6-8-16(13)19(3)10-15-11-20-12(2)18-15/h5-8,11,14H,4,9-10,17H2,1-3H3. The van der Waals surface area contributed by atoms with Gasteiger partial charge in [-0.3, -0.25) is 0 Å². The average Bonchev–Trinajstić information content (AvgIpc) is 2.84. The molecule has 1 aromatic heterocycles. The highest BCUT2D eigenvalue weighted by Gasteiger charge is 2.11. The van der Waals surface area contributed by atoms with Crippen molar-refractivity contribution in [1.82, 2.24) is 4.98 Å². The van der Waals surface area contributed by atoms with Crippen LogP contribution in [-0.4, -0.2) is 18.1 Å². The van der Waals surface area contributed by atoms with Crippen molar-refractivity contribution in [1.29, 1.82) is 0 Å². The van der Waals surface area contributed by atoms with Gasteiger partial charge in [-0.25, -0.2) is 4.98 Å². The molecule has 0 amide bonds. The molecule has 1 unspecified atom stereocenters. The fraction of sp³-hybridized carbons (Fsp3) is 0.438. The maximum Gasteiger partial charge on any atom is 0.0898 e. The van der Waals surface area contributed by atoms with Crippen molar-refractivity contribution < 1.29 is 0 Å². The Morgan fingerprint density at radius 1 is 1.35 bits per heavy atom. The van der Waals surface area contributed by atoms with E-state index in [0.29, 0.717) is 0 Å². The third-order valence-corrected chi connectivity index (χ3v) is 4.30. The Morgan fingerprint density at radius 3 is 2.75 bits per heavy atom. The second-order valence-corrected chi connectivity index (χ2v) is 6.28. The molecule has 2 aromatic rings. The maximum absolute atomic E-state index is 6.10. The largest absolute Gasteiger partial charge is 0.368 e. The molecular weight excluding hydrogens is 266 g/mol. The van der Waals surface area contributed by atoms with Crippen LogP contribution in [0.25, 0.3) is 0 Å². The van der Waals surface area contributed by atoms with E-state index in [2.05, 4.69) is 53.5 Å². The molecule has 0 saturated heterocycles. The molecule has 0 aliphatic heterocycles. The minimum atomic E-state index is 0.228. The van der Waals surface area contributed by atoms with E-state index in [1.807, 2.05) is 6.92 Å². The van der Waals surface area contributed by atoms with Crippen LogP contribution in [0.5, 0.6) is 0 Å². The van der Waals surface area contributed by atoms with E-state index in [1.165, 1.54) is 11.3 Å². The fourth-order valence-corrected chi connectivity index (χ4v) is 2.90. The van der Waals surface area contributed by atoms with Crippen molar-refractivity contribution in [2.75, 3.05) is 11.9 Å². The summed E-state index contributed by atoms with van der Waals surface area (Å²) in [5.74, 6) is 0. The van der Waals surface area contributed by atoms with Crippen LogP contribution in [0, 0.1) is 6.92 Å². The zero-order valence-electron chi connectivity index (χ0n) is 12.5. The maximum atomic E-state index is 6.10. The summed E-state index contributed by atoms with van der Waals surface area (Å²) in [5.41, 5.74) is 9.80. The lowest BCUT2D eigenvalue weighted by atomic mass is 10.0. The third-order valence-electron chi connectivity index (χ3n) is 3.48. The monoisotopic (exact) mass is 289 g/mol. The van der Waals surface area contributed by atoms with Gasteiger partial charge in [0.05, 0.1) is 17.2 Å². The molecule has 0 radical (unpaired) electrons. The first-order chi connectivity index (χ1) is 9.60. The van der Waals surface area contributed by atoms with Crippen molar-refractivity contribution in [2.45, 2.75) is 39.3 Å². The lowest BCUT2D eigenvalue weighted by Gasteiger charge is -2.23. The Bertz CT molecular complexity index is 550. The van der Waals surface area contributed by atoms with Gasteiger partial charge in [0, 0.05) is 24.2 Å². The van der Waals surface area contributed by atoms with Gasteiger partial charge in [-0.15, -0.1) is 11.3 Å². The van der Waals surface area contributed by atoms with E-state index in [9.17, 15) is 0 Å². The van der Waals surface area contributed by atoms with Crippen molar-refractivity contribution in [3.8, 4) is 0 Å². The van der Waals surface area contributed by atoms with Crippen molar-refractivity contribution in [3.63, 3.8) is 0 Å². The Kier molecular flexibility index (Phi) is 5.15. The smallest absolute Gasteiger partial charge is 0.0898 e. The summed E-state index contributed by atoms with van der Waals surface area (Å²) >= 11 is 1.70. The van der Waals surface area contributed by atoms with Crippen LogP contribution in [0.3, 0.4) is 0 Å². The molecule has 2 rings (SSSR count). The van der Waals surface area contributed by atoms with Crippen LogP contribution < -0.4 is 10.6 Å². The van der Waals surface area contributed by atoms with Gasteiger partial charge >= 0.3 is 0 Å². The van der Waals surface area contributed by atoms with Crippen LogP contribution in [0.4, 0.5) is 5.69 Å². The molecule has 3 nitrogen and oxygen atoms in total. The predicted molar refractivity (Wildman–Crippen MR) is 87.4 cm³/mol. The van der Waals surface area contributed by atoms with Crippen LogP contribution in [0.2, 0.25) is 0 Å². The summed E-state index contributed by atoms with van der Waals surface area (Å²) in [7, 11) is 2.12. The first-order valence-corrected chi connectivity index (χ1v) is 7.93. The number of benzene rings is 1. The molecule has 20 heavy (non-hydrogen) atoms. The van der Waals surface area contributed by atoms with E-state index in [1.54, 1.807) is 11.3 Å². The molecule has 0 fully saturated rings. The average molecular weight is 289 g/mol. The van der Waals surface area contributed by atoms with Crippen LogP contribution in [0.1, 0.15) is 29.6 Å². The number of nitrogens with two attached hydrogens (primary N) is 1. The minimum absolute atomic E-state index is 0.228. The number of aryl methyl sites for hydroxylation is 1. The molecule has 1 atom stereocenters. The number of hydrogen-bond acceptors (Lipinski definition) is 4. The second-order valence-electron chi connectivity index (χ2n) is 5.22. The van der Waals surface area contributed by atoms with E-state index in [4.69, 9.17) is 5.73 Å². The molecule has 0 bridgehead atoms. The SMILES string of the molecule is CCC(N)Cc1ccccc1N(C)Cc1csc(C)n1. The van der Waals surface area contributed by atoms with E-state index in [-0.39, 0.29) is 6.04 Å². The highest BCUT2D eigenvalue weighted by Crippen LogP contribution is 2.23. The van der Waals surface area contributed by atoms with Gasteiger partial charge in [-0.1, -0.05) is 25.1 Å². The van der Waals surface area contributed by atoms with Gasteiger partial charge in [0.1, 0.15) is 0 Å². The number of aromatic nitrogens is 1. The third kappa shape index (κ3) is 3.81. The molecule has 0 aliphatic rings. The summed E-state index contributed by atoms with van der Waals surface area (Å²) in [6, 6.07) is 8.73. The number of nitrogens with zero attached hydrogens (tertiary/aromatic N) is 2. The van der Waals surface area contributed by atoms with Gasteiger partial charge in [-0.2, -0.15) is 0 Å². The lowest BCUT2D eigenvalue weighted by molar-refractivity contribution is 0.645. The molecule has 0 saturated carbocycles. The zero-order valence-corrected chi connectivity index (χ0v) is 13.3. The normalized spacial score (nSPS) is 12.4. The highest BCUT2D eigenvalue weighted by molar-refractivity contribution is 7.09. The number of rotatable bonds is 6. The number of anilines is 1. The molecule has 2 N–H and O–H groups in total. The van der Waals surface area contributed by atoms with Gasteiger partial charge in [0.2, 0.25) is 0 Å². The Morgan fingerprint density at radius 2 is 2.10 bits per heavy atom. The first-order valence-electron chi connectivity index (χ1n) is 7.05. The predicted octanol–water partition coefficient (Wildman–Crippen LogP) is 3.37. The van der Waals surface area contributed by atoms with Gasteiger partial charge in [-0.05, 0) is 31.4 Å². The minimum Gasteiger partial charge on any atom is -0.368 e. The second kappa shape index (κ2) is 6.86. The highest BCUT2D eigenvalue weighted by atomic mass is 32.1. The zero-order chi connectivity index (χ0) is 14.5. The number of para-hydroxylation sites is 1. The molecule has 108 valence electrons. The summed E-state index contributed by atoms with van der Waals surface area (Å²) in [4.78, 5) is 6.79. The topological polar surface area (TPSA) is 42.1 Å². The van der Waals surface area contributed by atoms with Gasteiger partial charge in [0.15, 0.2) is 0 Å². The van der Waals surface area contributed by atoms with Crippen LogP contribution in [-0.2, 0) is 13.0 Å². The Labute approximate surface area is 125 Å². The summed E-state index contributed by atoms with van der Waals surface area (Å²) < 4.78 is 0. The molecule has 1 aromatic carbocycles. The van der Waals surface area contributed by atoms with E-state index < -0.39 is 0 Å². The summed E-state index contributed by atoms with van der Waals surface area (Å²) in [5, 5.41) is 3.25. The number of hydrogen-bond donors (Lipinski definition) is 1. The summed E-state index contributed by atoms with van der Waals surface area (Å²) in [6.07, 6.45) is 1.93. The summed E-state index contributed by atoms with van der Waals surface area (Å²) in [6.45, 7) is 5.01. The Balaban J connectivity index is 2.14. The van der Waals surface area contributed by atoms with E-state index >= 15 is 0 Å². The molecule has 0 spiro atoms. The van der Waals surface area contributed by atoms with Crippen molar-refractivity contribution in [3.05, 3.63) is 45.9 Å². The van der Waals surface area contributed by atoms with Crippen LogP contribution in [0.15, 0.2) is 29.6 Å². The first kappa shape index (κ1) is 15.0. The van der Waals surface area contributed by atoms with Gasteiger partial charge in [0.25, 0.3) is 0 Å². The van der Waals surface area contributed by atoms with Crippen molar-refractivity contribution >= 4 is 17.0 Å². The molecular formula is C16H23N3S. The quantitative estimate of drug-likeness (QED) is 0.886. The number of thiazole rings is 1. The van der Waals surface area contributed by atoms with E-state index in [0.717, 1.165) is 30.1 Å². The van der Waals surface area contributed by atoms with Gasteiger partial charge < -0.3 is 10.6 Å².